The summed E-state index contributed by atoms with van der Waals surface area (Å²) >= 11 is 3.44. The summed E-state index contributed by atoms with van der Waals surface area (Å²) in [6, 6.07) is 13.7. The Balaban J connectivity index is 2.40. The van der Waals surface area contributed by atoms with Gasteiger partial charge >= 0.3 is 0 Å². The fourth-order valence-corrected chi connectivity index (χ4v) is 3.21. The van der Waals surface area contributed by atoms with Gasteiger partial charge in [-0.1, -0.05) is 34.1 Å². The average Bonchev–Trinajstić information content (AvgIpc) is 2.84. The SMILES string of the molecule is Cn1c2ccc(Br)cc2c(=O)c2c3ccccc3[nH]c21. The molecule has 0 radical (unpaired) electrons. The molecule has 2 heterocycles. The number of rotatable bonds is 0. The Morgan fingerprint density at radius 3 is 2.75 bits per heavy atom. The van der Waals surface area contributed by atoms with Crippen molar-refractivity contribution >= 4 is 48.8 Å². The fraction of sp³-hybridized carbons (Fsp3) is 0.0625. The highest BCUT2D eigenvalue weighted by Crippen LogP contribution is 2.26. The van der Waals surface area contributed by atoms with Gasteiger partial charge in [0.15, 0.2) is 5.43 Å². The van der Waals surface area contributed by atoms with Gasteiger partial charge in [-0.25, -0.2) is 0 Å². The standard InChI is InChI=1S/C16H11BrN2O/c1-19-13-7-6-9(17)8-11(13)15(20)14-10-4-2-3-5-12(10)18-16(14)19/h2-8,18H,1H3. The predicted molar refractivity (Wildman–Crippen MR) is 86.3 cm³/mol. The molecule has 2 aromatic heterocycles. The van der Waals surface area contributed by atoms with Crippen LogP contribution in [-0.2, 0) is 7.05 Å². The van der Waals surface area contributed by atoms with Crippen molar-refractivity contribution in [3.8, 4) is 0 Å². The molecule has 0 saturated heterocycles. The van der Waals surface area contributed by atoms with Gasteiger partial charge < -0.3 is 9.55 Å². The van der Waals surface area contributed by atoms with Crippen molar-refractivity contribution in [3.05, 3.63) is 57.2 Å². The molecule has 0 amide bonds. The van der Waals surface area contributed by atoms with Crippen LogP contribution >= 0.6 is 15.9 Å². The zero-order chi connectivity index (χ0) is 13.9. The molecule has 0 saturated carbocycles. The van der Waals surface area contributed by atoms with Gasteiger partial charge in [-0.05, 0) is 24.3 Å². The molecule has 0 aliphatic rings. The molecule has 4 heteroatoms. The summed E-state index contributed by atoms with van der Waals surface area (Å²) in [5.41, 5.74) is 2.86. The number of hydrogen-bond acceptors (Lipinski definition) is 1. The molecule has 0 fully saturated rings. The van der Waals surface area contributed by atoms with Gasteiger partial charge in [0.05, 0.1) is 10.9 Å². The first-order valence-electron chi connectivity index (χ1n) is 6.35. The number of para-hydroxylation sites is 1. The van der Waals surface area contributed by atoms with Crippen molar-refractivity contribution in [3.63, 3.8) is 0 Å². The Labute approximate surface area is 123 Å². The van der Waals surface area contributed by atoms with Crippen LogP contribution in [0.5, 0.6) is 0 Å². The number of H-pyrrole nitrogens is 1. The van der Waals surface area contributed by atoms with Crippen LogP contribution in [0.15, 0.2) is 51.7 Å². The lowest BCUT2D eigenvalue weighted by molar-refractivity contribution is 0.985. The number of aryl methyl sites for hydroxylation is 1. The minimum absolute atomic E-state index is 0.0758. The molecule has 0 unspecified atom stereocenters. The summed E-state index contributed by atoms with van der Waals surface area (Å²) in [7, 11) is 1.98. The number of pyridine rings is 1. The van der Waals surface area contributed by atoms with Crippen molar-refractivity contribution in [2.45, 2.75) is 0 Å². The molecule has 0 spiro atoms. The van der Waals surface area contributed by atoms with Gasteiger partial charge in [0.25, 0.3) is 0 Å². The fourth-order valence-electron chi connectivity index (χ4n) is 2.85. The Bertz CT molecular complexity index is 1040. The zero-order valence-electron chi connectivity index (χ0n) is 10.8. The molecule has 0 bridgehead atoms. The van der Waals surface area contributed by atoms with E-state index in [2.05, 4.69) is 20.9 Å². The number of hydrogen-bond donors (Lipinski definition) is 1. The van der Waals surface area contributed by atoms with Crippen LogP contribution in [0.4, 0.5) is 0 Å². The van der Waals surface area contributed by atoms with Crippen LogP contribution in [0.1, 0.15) is 0 Å². The molecule has 1 N–H and O–H groups in total. The molecule has 20 heavy (non-hydrogen) atoms. The van der Waals surface area contributed by atoms with Gasteiger partial charge in [-0.2, -0.15) is 0 Å². The monoisotopic (exact) mass is 326 g/mol. The maximum Gasteiger partial charge on any atom is 0.199 e. The third-order valence-corrected chi connectivity index (χ3v) is 4.31. The molecular weight excluding hydrogens is 316 g/mol. The number of nitrogens with one attached hydrogen (secondary N) is 1. The number of aromatic amines is 1. The predicted octanol–water partition coefficient (Wildman–Crippen LogP) is 3.94. The summed E-state index contributed by atoms with van der Waals surface area (Å²) in [4.78, 5) is 16.2. The highest BCUT2D eigenvalue weighted by Gasteiger charge is 2.13. The van der Waals surface area contributed by atoms with Gasteiger partial charge in [0.2, 0.25) is 0 Å². The minimum Gasteiger partial charge on any atom is -0.340 e. The molecule has 0 aliphatic heterocycles. The van der Waals surface area contributed by atoms with Gasteiger partial charge in [-0.15, -0.1) is 0 Å². The Hall–Kier alpha value is -2.07. The van der Waals surface area contributed by atoms with E-state index in [1.165, 1.54) is 0 Å². The quantitative estimate of drug-likeness (QED) is 0.522. The maximum absolute atomic E-state index is 12.8. The summed E-state index contributed by atoms with van der Waals surface area (Å²) in [5, 5.41) is 2.47. The molecule has 3 nitrogen and oxygen atoms in total. The van der Waals surface area contributed by atoms with E-state index >= 15 is 0 Å². The van der Waals surface area contributed by atoms with Gasteiger partial charge in [0.1, 0.15) is 5.65 Å². The third-order valence-electron chi connectivity index (χ3n) is 3.81. The Morgan fingerprint density at radius 1 is 1.10 bits per heavy atom. The molecule has 4 aromatic rings. The topological polar surface area (TPSA) is 37.8 Å². The summed E-state index contributed by atoms with van der Waals surface area (Å²) < 4.78 is 2.96. The number of aromatic nitrogens is 2. The number of benzene rings is 2. The highest BCUT2D eigenvalue weighted by atomic mass is 79.9. The van der Waals surface area contributed by atoms with Crippen LogP contribution < -0.4 is 5.43 Å². The van der Waals surface area contributed by atoms with Crippen LogP contribution in [0.3, 0.4) is 0 Å². The number of halogens is 1. The van der Waals surface area contributed by atoms with E-state index in [1.54, 1.807) is 0 Å². The normalized spacial score (nSPS) is 11.7. The lowest BCUT2D eigenvalue weighted by Gasteiger charge is -2.07. The van der Waals surface area contributed by atoms with E-state index in [0.717, 1.165) is 37.3 Å². The lowest BCUT2D eigenvalue weighted by atomic mass is 10.1. The lowest BCUT2D eigenvalue weighted by Crippen LogP contribution is -2.08. The molecule has 4 rings (SSSR count). The van der Waals surface area contributed by atoms with Crippen molar-refractivity contribution in [2.75, 3.05) is 0 Å². The summed E-state index contributed by atoms with van der Waals surface area (Å²) in [5.74, 6) is 0. The Kier molecular flexibility index (Phi) is 2.32. The van der Waals surface area contributed by atoms with Crippen molar-refractivity contribution in [1.29, 1.82) is 0 Å². The largest absolute Gasteiger partial charge is 0.340 e. The highest BCUT2D eigenvalue weighted by molar-refractivity contribution is 9.10. The second-order valence-electron chi connectivity index (χ2n) is 4.94. The molecule has 0 aliphatic carbocycles. The maximum atomic E-state index is 12.8. The van der Waals surface area contributed by atoms with Crippen LogP contribution in [0, 0.1) is 0 Å². The first-order valence-corrected chi connectivity index (χ1v) is 7.15. The van der Waals surface area contributed by atoms with E-state index in [1.807, 2.05) is 54.1 Å². The minimum atomic E-state index is 0.0758. The Morgan fingerprint density at radius 2 is 1.90 bits per heavy atom. The first-order chi connectivity index (χ1) is 9.66. The van der Waals surface area contributed by atoms with Gasteiger partial charge in [-0.3, -0.25) is 4.79 Å². The third kappa shape index (κ3) is 1.42. The second-order valence-corrected chi connectivity index (χ2v) is 5.86. The van der Waals surface area contributed by atoms with E-state index in [4.69, 9.17) is 0 Å². The van der Waals surface area contributed by atoms with Crippen LogP contribution in [0.2, 0.25) is 0 Å². The first kappa shape index (κ1) is 11.7. The van der Waals surface area contributed by atoms with E-state index in [-0.39, 0.29) is 5.43 Å². The van der Waals surface area contributed by atoms with E-state index in [0.29, 0.717) is 0 Å². The molecule has 0 atom stereocenters. The summed E-state index contributed by atoms with van der Waals surface area (Å²) in [6.45, 7) is 0. The smallest absolute Gasteiger partial charge is 0.199 e. The van der Waals surface area contributed by atoms with Gasteiger partial charge in [0, 0.05) is 27.8 Å². The van der Waals surface area contributed by atoms with Crippen LogP contribution in [0.25, 0.3) is 32.8 Å². The molecular formula is C16H11BrN2O. The number of nitrogens with zero attached hydrogens (tertiary/aromatic N) is 1. The van der Waals surface area contributed by atoms with Crippen molar-refractivity contribution < 1.29 is 0 Å². The van der Waals surface area contributed by atoms with Crippen molar-refractivity contribution in [2.24, 2.45) is 7.05 Å². The van der Waals surface area contributed by atoms with E-state index < -0.39 is 0 Å². The van der Waals surface area contributed by atoms with E-state index in [9.17, 15) is 4.79 Å². The van der Waals surface area contributed by atoms with Crippen molar-refractivity contribution in [1.82, 2.24) is 9.55 Å². The van der Waals surface area contributed by atoms with Crippen LogP contribution in [-0.4, -0.2) is 9.55 Å². The molecule has 98 valence electrons. The molecule has 2 aromatic carbocycles. The zero-order valence-corrected chi connectivity index (χ0v) is 12.4. The number of fused-ring (bicyclic) bond motifs is 4. The second kappa shape index (κ2) is 3.96. The average molecular weight is 327 g/mol. The summed E-state index contributed by atoms with van der Waals surface area (Å²) in [6.07, 6.45) is 0.